The summed E-state index contributed by atoms with van der Waals surface area (Å²) in [6.07, 6.45) is -0.653. The Kier molecular flexibility index (Phi) is 5.79. The van der Waals surface area contributed by atoms with E-state index in [1.54, 1.807) is 54.6 Å². The lowest BCUT2D eigenvalue weighted by Crippen LogP contribution is -2.53. The highest BCUT2D eigenvalue weighted by molar-refractivity contribution is 5.98. The number of fused-ring (bicyclic) bond motifs is 2. The molecule has 5 rings (SSSR count). The summed E-state index contributed by atoms with van der Waals surface area (Å²) in [7, 11) is 0. The average Bonchev–Trinajstić information content (AvgIpc) is 3.46. The fourth-order valence-corrected chi connectivity index (χ4v) is 5.17. The Morgan fingerprint density at radius 1 is 1.03 bits per heavy atom. The number of hydrogen-bond acceptors (Lipinski definition) is 5. The molecule has 3 saturated heterocycles. The number of amides is 4. The number of rotatable bonds is 4. The van der Waals surface area contributed by atoms with Gasteiger partial charge in [-0.25, -0.2) is 0 Å². The number of likely N-dealkylation sites (tertiary alicyclic amines) is 1. The molecule has 0 aromatic heterocycles. The van der Waals surface area contributed by atoms with Crippen LogP contribution in [0.4, 0.5) is 0 Å². The van der Waals surface area contributed by atoms with Crippen molar-refractivity contribution in [3.8, 4) is 0 Å². The van der Waals surface area contributed by atoms with E-state index in [9.17, 15) is 24.3 Å². The Morgan fingerprint density at radius 2 is 1.71 bits per heavy atom. The summed E-state index contributed by atoms with van der Waals surface area (Å²) in [5, 5.41) is 16.5. The Balaban J connectivity index is 1.33. The van der Waals surface area contributed by atoms with Crippen molar-refractivity contribution in [2.75, 3.05) is 13.1 Å². The lowest BCUT2D eigenvalue weighted by molar-refractivity contribution is -0.149. The van der Waals surface area contributed by atoms with Crippen LogP contribution in [0.15, 0.2) is 60.7 Å². The Labute approximate surface area is 196 Å². The fourth-order valence-electron chi connectivity index (χ4n) is 5.17. The molecule has 0 radical (unpaired) electrons. The Hall–Kier alpha value is -3.72. The van der Waals surface area contributed by atoms with Gasteiger partial charge in [0.05, 0.1) is 6.04 Å². The monoisotopic (exact) mass is 462 g/mol. The maximum Gasteiger partial charge on any atom is 0.256 e. The van der Waals surface area contributed by atoms with E-state index in [-0.39, 0.29) is 36.9 Å². The zero-order valence-electron chi connectivity index (χ0n) is 18.5. The number of carbonyl (C=O) groups is 4. The minimum Gasteiger partial charge on any atom is -0.378 e. The molecule has 0 unspecified atom stereocenters. The number of nitrogens with one attached hydrogen (secondary N) is 2. The second-order valence-electron chi connectivity index (χ2n) is 8.97. The predicted molar refractivity (Wildman–Crippen MR) is 121 cm³/mol. The molecule has 2 aromatic carbocycles. The zero-order valence-corrected chi connectivity index (χ0v) is 18.5. The van der Waals surface area contributed by atoms with Gasteiger partial charge in [0.25, 0.3) is 11.8 Å². The van der Waals surface area contributed by atoms with E-state index >= 15 is 0 Å². The molecular weight excluding hydrogens is 436 g/mol. The van der Waals surface area contributed by atoms with E-state index in [1.807, 2.05) is 6.07 Å². The van der Waals surface area contributed by atoms with E-state index < -0.39 is 30.1 Å². The standard InChI is InChI=1S/C25H26N4O5/c30-21(15-7-3-1-4-8-15)25(34)28-12-11-18-20(28)24(33)29-14-17(13-19(29)23(32)27-18)26-22(31)16-9-5-2-6-10-16/h1-10,17-21,30H,11-14H2,(H,26,31)(H,27,32)/t17-,18+,19+,20-,21-/m0/s1. The second-order valence-corrected chi connectivity index (χ2v) is 8.97. The predicted octanol–water partition coefficient (Wildman–Crippen LogP) is 0.219. The van der Waals surface area contributed by atoms with Crippen molar-refractivity contribution < 1.29 is 24.3 Å². The molecule has 34 heavy (non-hydrogen) atoms. The van der Waals surface area contributed by atoms with Gasteiger partial charge >= 0.3 is 0 Å². The molecule has 0 bridgehead atoms. The fraction of sp³-hybridized carbons (Fsp3) is 0.360. The van der Waals surface area contributed by atoms with E-state index in [4.69, 9.17) is 0 Å². The topological polar surface area (TPSA) is 119 Å². The molecule has 2 aromatic rings. The quantitative estimate of drug-likeness (QED) is 0.601. The van der Waals surface area contributed by atoms with Gasteiger partial charge in [-0.15, -0.1) is 0 Å². The van der Waals surface area contributed by atoms with Crippen LogP contribution in [-0.2, 0) is 14.4 Å². The van der Waals surface area contributed by atoms with Gasteiger partial charge in [0, 0.05) is 24.7 Å². The average molecular weight is 463 g/mol. The highest BCUT2D eigenvalue weighted by Crippen LogP contribution is 2.31. The first-order valence-corrected chi connectivity index (χ1v) is 11.4. The first-order chi connectivity index (χ1) is 16.4. The third kappa shape index (κ3) is 3.92. The molecule has 3 N–H and O–H groups in total. The molecule has 5 atom stereocenters. The van der Waals surface area contributed by atoms with Crippen LogP contribution in [0, 0.1) is 0 Å². The molecule has 3 aliphatic rings. The maximum absolute atomic E-state index is 13.6. The zero-order chi connectivity index (χ0) is 23.8. The smallest absolute Gasteiger partial charge is 0.256 e. The first-order valence-electron chi connectivity index (χ1n) is 11.4. The van der Waals surface area contributed by atoms with Crippen LogP contribution in [0.1, 0.15) is 34.9 Å². The summed E-state index contributed by atoms with van der Waals surface area (Å²) in [4.78, 5) is 55.1. The van der Waals surface area contributed by atoms with E-state index in [0.717, 1.165) is 0 Å². The molecule has 0 saturated carbocycles. The summed E-state index contributed by atoms with van der Waals surface area (Å²) < 4.78 is 0. The van der Waals surface area contributed by atoms with Crippen molar-refractivity contribution in [2.24, 2.45) is 0 Å². The summed E-state index contributed by atoms with van der Waals surface area (Å²) >= 11 is 0. The third-order valence-corrected chi connectivity index (χ3v) is 6.87. The number of benzene rings is 2. The van der Waals surface area contributed by atoms with Crippen molar-refractivity contribution in [3.05, 3.63) is 71.8 Å². The number of aliphatic hydroxyl groups excluding tert-OH is 1. The minimum absolute atomic E-state index is 0.183. The second kappa shape index (κ2) is 8.90. The third-order valence-electron chi connectivity index (χ3n) is 6.87. The largest absolute Gasteiger partial charge is 0.378 e. The summed E-state index contributed by atoms with van der Waals surface area (Å²) in [6.45, 7) is 0.443. The van der Waals surface area contributed by atoms with Gasteiger partial charge in [-0.3, -0.25) is 19.2 Å². The Bertz CT molecular complexity index is 1110. The molecule has 0 aliphatic carbocycles. The number of aliphatic hydroxyl groups is 1. The van der Waals surface area contributed by atoms with Gasteiger partial charge in [0.1, 0.15) is 12.1 Å². The highest BCUT2D eigenvalue weighted by Gasteiger charge is 2.53. The van der Waals surface area contributed by atoms with Crippen molar-refractivity contribution in [1.82, 2.24) is 20.4 Å². The van der Waals surface area contributed by atoms with Gasteiger partial charge in [0.15, 0.2) is 6.10 Å². The highest BCUT2D eigenvalue weighted by atomic mass is 16.3. The molecule has 176 valence electrons. The lowest BCUT2D eigenvalue weighted by Gasteiger charge is -2.30. The van der Waals surface area contributed by atoms with E-state index in [0.29, 0.717) is 24.0 Å². The van der Waals surface area contributed by atoms with Crippen LogP contribution in [-0.4, -0.2) is 75.8 Å². The maximum atomic E-state index is 13.6. The van der Waals surface area contributed by atoms with Crippen molar-refractivity contribution in [3.63, 3.8) is 0 Å². The molecule has 3 heterocycles. The minimum atomic E-state index is -1.39. The Morgan fingerprint density at radius 3 is 2.41 bits per heavy atom. The van der Waals surface area contributed by atoms with Gasteiger partial charge < -0.3 is 25.5 Å². The summed E-state index contributed by atoms with van der Waals surface area (Å²) in [5.74, 6) is -1.45. The molecule has 9 nitrogen and oxygen atoms in total. The van der Waals surface area contributed by atoms with Crippen LogP contribution in [0.2, 0.25) is 0 Å². The normalized spacial score (nSPS) is 26.9. The summed E-state index contributed by atoms with van der Waals surface area (Å²) in [5.41, 5.74) is 0.951. The van der Waals surface area contributed by atoms with Crippen molar-refractivity contribution in [2.45, 2.75) is 43.1 Å². The van der Waals surface area contributed by atoms with E-state index in [1.165, 1.54) is 9.80 Å². The first kappa shape index (κ1) is 22.1. The van der Waals surface area contributed by atoms with Gasteiger partial charge in [0.2, 0.25) is 11.8 Å². The van der Waals surface area contributed by atoms with Crippen LogP contribution in [0.25, 0.3) is 0 Å². The molecular formula is C25H26N4O5. The number of carbonyl (C=O) groups excluding carboxylic acids is 4. The summed E-state index contributed by atoms with van der Waals surface area (Å²) in [6, 6.07) is 14.8. The van der Waals surface area contributed by atoms with Gasteiger partial charge in [-0.05, 0) is 30.5 Å². The van der Waals surface area contributed by atoms with Crippen LogP contribution >= 0.6 is 0 Å². The molecule has 0 spiro atoms. The number of nitrogens with zero attached hydrogens (tertiary/aromatic N) is 2. The van der Waals surface area contributed by atoms with Crippen LogP contribution in [0.3, 0.4) is 0 Å². The molecule has 4 amide bonds. The van der Waals surface area contributed by atoms with Crippen LogP contribution in [0.5, 0.6) is 0 Å². The van der Waals surface area contributed by atoms with Crippen molar-refractivity contribution >= 4 is 23.6 Å². The molecule has 9 heteroatoms. The lowest BCUT2D eigenvalue weighted by atomic mass is 10.1. The molecule has 3 aliphatic heterocycles. The van der Waals surface area contributed by atoms with Gasteiger partial charge in [-0.2, -0.15) is 0 Å². The number of hydrogen-bond donors (Lipinski definition) is 3. The van der Waals surface area contributed by atoms with Crippen LogP contribution < -0.4 is 10.6 Å². The molecule has 3 fully saturated rings. The van der Waals surface area contributed by atoms with Crippen molar-refractivity contribution in [1.29, 1.82) is 0 Å². The van der Waals surface area contributed by atoms with Gasteiger partial charge in [-0.1, -0.05) is 48.5 Å². The SMILES string of the molecule is O=C(N[C@H]1C[C@@H]2C(=O)N[C@@H]3CCN(C(=O)[C@@H](O)c4ccccc4)[C@@H]3C(=O)N2C1)c1ccccc1. The van der Waals surface area contributed by atoms with E-state index in [2.05, 4.69) is 10.6 Å².